The lowest BCUT2D eigenvalue weighted by molar-refractivity contribution is -0.150. The van der Waals surface area contributed by atoms with Gasteiger partial charge >= 0.3 is 12.4 Å². The highest BCUT2D eigenvalue weighted by Crippen LogP contribution is 2.35. The minimum atomic E-state index is -5.00. The van der Waals surface area contributed by atoms with Crippen LogP contribution in [-0.2, 0) is 12.4 Å². The molecule has 180 valence electrons. The highest BCUT2D eigenvalue weighted by Gasteiger charge is 2.39. The largest absolute Gasteiger partial charge is 0.433 e. The van der Waals surface area contributed by atoms with Gasteiger partial charge in [0, 0.05) is 43.1 Å². The molecule has 0 aliphatic heterocycles. The third kappa shape index (κ3) is 6.52. The van der Waals surface area contributed by atoms with Crippen molar-refractivity contribution in [3.05, 3.63) is 53.3 Å². The van der Waals surface area contributed by atoms with Crippen LogP contribution in [0.4, 0.5) is 37.7 Å². The number of benzene rings is 1. The first-order chi connectivity index (χ1) is 15.3. The van der Waals surface area contributed by atoms with Crippen molar-refractivity contribution in [1.29, 1.82) is 0 Å². The molecule has 1 amide bonds. The topological polar surface area (TPSA) is 57.3 Å². The molecule has 3 rings (SSSR count). The van der Waals surface area contributed by atoms with Crippen molar-refractivity contribution >= 4 is 17.3 Å². The number of halogens is 6. The molecular formula is C22H24F6N4O. The van der Waals surface area contributed by atoms with Crippen LogP contribution >= 0.6 is 0 Å². The van der Waals surface area contributed by atoms with E-state index in [-0.39, 0.29) is 23.7 Å². The number of aromatic nitrogens is 1. The normalized spacial score (nSPS) is 19.2. The van der Waals surface area contributed by atoms with Crippen molar-refractivity contribution in [2.45, 2.75) is 50.1 Å². The van der Waals surface area contributed by atoms with E-state index in [1.807, 2.05) is 31.1 Å². The molecule has 2 N–H and O–H groups in total. The summed E-state index contributed by atoms with van der Waals surface area (Å²) in [5, 5.41) is 5.71. The summed E-state index contributed by atoms with van der Waals surface area (Å²) in [7, 11) is 3.78. The van der Waals surface area contributed by atoms with Gasteiger partial charge in [-0.15, -0.1) is 0 Å². The Bertz CT molecular complexity index is 932. The van der Waals surface area contributed by atoms with Crippen LogP contribution in [0, 0.1) is 0 Å². The molecule has 0 radical (unpaired) electrons. The van der Waals surface area contributed by atoms with Crippen LogP contribution in [0.5, 0.6) is 0 Å². The van der Waals surface area contributed by atoms with E-state index >= 15 is 0 Å². The molecule has 1 aromatic carbocycles. The molecule has 0 spiro atoms. The molecule has 1 aromatic heterocycles. The third-order valence-electron chi connectivity index (χ3n) is 5.49. The van der Waals surface area contributed by atoms with E-state index in [1.165, 1.54) is 0 Å². The van der Waals surface area contributed by atoms with Crippen LogP contribution in [0.3, 0.4) is 0 Å². The average Bonchev–Trinajstić information content (AvgIpc) is 2.73. The minimum absolute atomic E-state index is 0.127. The summed E-state index contributed by atoms with van der Waals surface area (Å²) in [5.74, 6) is -0.226. The molecule has 1 saturated carbocycles. The summed E-state index contributed by atoms with van der Waals surface area (Å²) >= 11 is 0. The molecule has 0 bridgehead atoms. The number of carbonyl (C=O) groups excluding carboxylic acids is 1. The van der Waals surface area contributed by atoms with Gasteiger partial charge < -0.3 is 15.5 Å². The molecular weight excluding hydrogens is 450 g/mol. The van der Waals surface area contributed by atoms with Gasteiger partial charge in [0.1, 0.15) is 11.4 Å². The van der Waals surface area contributed by atoms with Gasteiger partial charge in [0.15, 0.2) is 0 Å². The van der Waals surface area contributed by atoms with Crippen LogP contribution in [0.1, 0.15) is 47.4 Å². The van der Waals surface area contributed by atoms with E-state index in [9.17, 15) is 31.1 Å². The summed E-state index contributed by atoms with van der Waals surface area (Å²) in [6, 6.07) is 7.82. The van der Waals surface area contributed by atoms with Gasteiger partial charge in [-0.05, 0) is 62.1 Å². The Morgan fingerprint density at radius 2 is 1.36 bits per heavy atom. The fourth-order valence-corrected chi connectivity index (χ4v) is 3.70. The second-order valence-corrected chi connectivity index (χ2v) is 8.23. The second kappa shape index (κ2) is 9.48. The van der Waals surface area contributed by atoms with E-state index in [2.05, 4.69) is 15.6 Å². The van der Waals surface area contributed by atoms with E-state index in [0.29, 0.717) is 43.4 Å². The molecule has 0 atom stereocenters. The predicted molar refractivity (Wildman–Crippen MR) is 112 cm³/mol. The Labute approximate surface area is 187 Å². The van der Waals surface area contributed by atoms with Crippen molar-refractivity contribution in [1.82, 2.24) is 10.3 Å². The maximum atomic E-state index is 13.0. The fraction of sp³-hybridized carbons (Fsp3) is 0.455. The van der Waals surface area contributed by atoms with Gasteiger partial charge in [0.25, 0.3) is 5.91 Å². The number of hydrogen-bond donors (Lipinski definition) is 2. The monoisotopic (exact) mass is 474 g/mol. The average molecular weight is 474 g/mol. The zero-order valence-corrected chi connectivity index (χ0v) is 18.0. The van der Waals surface area contributed by atoms with Crippen LogP contribution in [0.2, 0.25) is 0 Å². The van der Waals surface area contributed by atoms with Crippen molar-refractivity contribution in [3.8, 4) is 0 Å². The van der Waals surface area contributed by atoms with Crippen LogP contribution in [-0.4, -0.2) is 37.1 Å². The Morgan fingerprint density at radius 1 is 0.879 bits per heavy atom. The Balaban J connectivity index is 1.59. The van der Waals surface area contributed by atoms with Crippen LogP contribution in [0.25, 0.3) is 0 Å². The Kier molecular flexibility index (Phi) is 7.08. The standard InChI is InChI=1S/C22H24F6N4O/c1-32(2)17-9-3-13(4-10-17)20(33)30-15-7-5-14(6-8-15)29-16-11-18(21(23,24)25)31-19(12-16)22(26,27)28/h3-4,9-12,14-15H,5-8H2,1-2H3,(H,29,31)(H,30,33)/t14-,15+. The van der Waals surface area contributed by atoms with Crippen molar-refractivity contribution in [3.63, 3.8) is 0 Å². The molecule has 0 saturated heterocycles. The van der Waals surface area contributed by atoms with E-state index < -0.39 is 23.7 Å². The van der Waals surface area contributed by atoms with Gasteiger partial charge in [-0.1, -0.05) is 0 Å². The zero-order chi connectivity index (χ0) is 24.4. The number of alkyl halides is 6. The van der Waals surface area contributed by atoms with Gasteiger partial charge in [-0.25, -0.2) is 4.98 Å². The number of pyridine rings is 1. The number of amides is 1. The Hall–Kier alpha value is -2.98. The highest BCUT2D eigenvalue weighted by molar-refractivity contribution is 5.94. The van der Waals surface area contributed by atoms with E-state index in [4.69, 9.17) is 0 Å². The predicted octanol–water partition coefficient (Wildman–Crippen LogP) is 5.34. The third-order valence-corrected chi connectivity index (χ3v) is 5.49. The summed E-state index contributed by atoms with van der Waals surface area (Å²) in [5.41, 5.74) is -2.01. The van der Waals surface area contributed by atoms with Crippen molar-refractivity contribution < 1.29 is 31.1 Å². The first kappa shape index (κ1) is 24.7. The van der Waals surface area contributed by atoms with Crippen LogP contribution in [0.15, 0.2) is 36.4 Å². The second-order valence-electron chi connectivity index (χ2n) is 8.23. The zero-order valence-electron chi connectivity index (χ0n) is 18.0. The molecule has 33 heavy (non-hydrogen) atoms. The van der Waals surface area contributed by atoms with E-state index in [0.717, 1.165) is 5.69 Å². The number of rotatable bonds is 5. The molecule has 1 aliphatic carbocycles. The van der Waals surface area contributed by atoms with Gasteiger partial charge in [-0.3, -0.25) is 4.79 Å². The molecule has 1 heterocycles. The molecule has 2 aromatic rings. The lowest BCUT2D eigenvalue weighted by Crippen LogP contribution is -2.40. The molecule has 1 fully saturated rings. The first-order valence-corrected chi connectivity index (χ1v) is 10.3. The smallest absolute Gasteiger partial charge is 0.382 e. The van der Waals surface area contributed by atoms with Crippen molar-refractivity contribution in [2.24, 2.45) is 0 Å². The molecule has 11 heteroatoms. The van der Waals surface area contributed by atoms with Gasteiger partial charge in [-0.2, -0.15) is 26.3 Å². The summed E-state index contributed by atoms with van der Waals surface area (Å²) in [6.07, 6.45) is -7.94. The number of nitrogens with zero attached hydrogens (tertiary/aromatic N) is 2. The Morgan fingerprint density at radius 3 is 1.82 bits per heavy atom. The number of nitrogens with one attached hydrogen (secondary N) is 2. The summed E-state index contributed by atoms with van der Waals surface area (Å²) in [4.78, 5) is 17.1. The summed E-state index contributed by atoms with van der Waals surface area (Å²) < 4.78 is 77.9. The maximum absolute atomic E-state index is 13.0. The highest BCUT2D eigenvalue weighted by atomic mass is 19.4. The lowest BCUT2D eigenvalue weighted by Gasteiger charge is -2.30. The first-order valence-electron chi connectivity index (χ1n) is 10.3. The van der Waals surface area contributed by atoms with E-state index in [1.54, 1.807) is 12.1 Å². The number of anilines is 2. The minimum Gasteiger partial charge on any atom is -0.382 e. The number of carbonyl (C=O) groups is 1. The van der Waals surface area contributed by atoms with Gasteiger partial charge in [0.2, 0.25) is 0 Å². The van der Waals surface area contributed by atoms with Crippen molar-refractivity contribution in [2.75, 3.05) is 24.3 Å². The molecule has 5 nitrogen and oxygen atoms in total. The lowest BCUT2D eigenvalue weighted by atomic mass is 9.90. The summed E-state index contributed by atoms with van der Waals surface area (Å²) in [6.45, 7) is 0. The SMILES string of the molecule is CN(C)c1ccc(C(=O)N[C@H]2CC[C@@H](Nc3cc(C(F)(F)F)nc(C(F)(F)F)c3)CC2)cc1. The number of hydrogen-bond acceptors (Lipinski definition) is 4. The van der Waals surface area contributed by atoms with Gasteiger partial charge in [0.05, 0.1) is 0 Å². The fourth-order valence-electron chi connectivity index (χ4n) is 3.70. The quantitative estimate of drug-likeness (QED) is 0.575. The maximum Gasteiger partial charge on any atom is 0.433 e. The van der Waals surface area contributed by atoms with Crippen LogP contribution < -0.4 is 15.5 Å². The molecule has 1 aliphatic rings. The molecule has 0 unspecified atom stereocenters.